The summed E-state index contributed by atoms with van der Waals surface area (Å²) in [5.74, 6) is 0.345. The van der Waals surface area contributed by atoms with Crippen LogP contribution in [0.1, 0.15) is 39.8 Å². The molecule has 1 heterocycles. The number of hydrogen-bond acceptors (Lipinski definition) is 4. The van der Waals surface area contributed by atoms with Crippen LogP contribution in [0.25, 0.3) is 0 Å². The lowest BCUT2D eigenvalue weighted by Crippen LogP contribution is -2.26. The third-order valence-electron chi connectivity index (χ3n) is 4.68. The monoisotopic (exact) mass is 374 g/mol. The largest absolute Gasteiger partial charge is 0.337 e. The van der Waals surface area contributed by atoms with Crippen molar-refractivity contribution in [3.8, 4) is 0 Å². The van der Waals surface area contributed by atoms with Gasteiger partial charge >= 0.3 is 0 Å². The molecule has 0 saturated carbocycles. The van der Waals surface area contributed by atoms with E-state index in [2.05, 4.69) is 39.2 Å². The summed E-state index contributed by atoms with van der Waals surface area (Å²) in [6, 6.07) is 17.9. The van der Waals surface area contributed by atoms with Gasteiger partial charge in [-0.05, 0) is 50.5 Å². The summed E-state index contributed by atoms with van der Waals surface area (Å²) in [5.41, 5.74) is 5.20. The van der Waals surface area contributed by atoms with E-state index in [9.17, 15) is 4.79 Å². The van der Waals surface area contributed by atoms with Gasteiger partial charge in [0.05, 0.1) is 0 Å². The maximum absolute atomic E-state index is 12.9. The van der Waals surface area contributed by atoms with Crippen LogP contribution in [0.3, 0.4) is 0 Å². The minimum atomic E-state index is -0.222. The number of amides is 1. The highest BCUT2D eigenvalue weighted by atomic mass is 16.1. The molecule has 0 radical (unpaired) electrons. The summed E-state index contributed by atoms with van der Waals surface area (Å²) < 4.78 is 0. The molecule has 2 aromatic carbocycles. The first-order valence-electron chi connectivity index (χ1n) is 9.50. The minimum absolute atomic E-state index is 0.222. The van der Waals surface area contributed by atoms with Gasteiger partial charge in [-0.1, -0.05) is 48.5 Å². The molecule has 0 bridgehead atoms. The molecule has 1 aromatic heterocycles. The smallest absolute Gasteiger partial charge is 0.274 e. The van der Waals surface area contributed by atoms with Gasteiger partial charge in [0.1, 0.15) is 5.69 Å². The lowest BCUT2D eigenvalue weighted by molar-refractivity contribution is 0.102. The van der Waals surface area contributed by atoms with Crippen LogP contribution in [0.15, 0.2) is 54.6 Å². The van der Waals surface area contributed by atoms with Crippen molar-refractivity contribution in [3.63, 3.8) is 0 Å². The number of para-hydroxylation sites is 1. The summed E-state index contributed by atoms with van der Waals surface area (Å²) in [7, 11) is 0. The standard InChI is InChI=1S/C23H26N4O/c1-5-27(15-19-12-7-6-8-13-19)23-24-18(4)14-20(25-23)22(28)26-21-16(2)10-9-11-17(21)3/h6-14H,5,15H2,1-4H3,(H,26,28). The van der Waals surface area contributed by atoms with E-state index >= 15 is 0 Å². The molecule has 144 valence electrons. The molecule has 0 atom stereocenters. The molecular formula is C23H26N4O. The molecule has 1 N–H and O–H groups in total. The first-order valence-corrected chi connectivity index (χ1v) is 9.50. The number of aryl methyl sites for hydroxylation is 3. The van der Waals surface area contributed by atoms with Crippen LogP contribution in [0.5, 0.6) is 0 Å². The van der Waals surface area contributed by atoms with Gasteiger partial charge in [0.15, 0.2) is 0 Å². The normalized spacial score (nSPS) is 10.6. The van der Waals surface area contributed by atoms with Gasteiger partial charge < -0.3 is 10.2 Å². The molecule has 3 rings (SSSR count). The molecule has 5 nitrogen and oxygen atoms in total. The van der Waals surface area contributed by atoms with Crippen molar-refractivity contribution in [2.45, 2.75) is 34.2 Å². The average molecular weight is 374 g/mol. The molecule has 0 fully saturated rings. The van der Waals surface area contributed by atoms with E-state index in [4.69, 9.17) is 0 Å². The van der Waals surface area contributed by atoms with Crippen molar-refractivity contribution < 1.29 is 4.79 Å². The Morgan fingerprint density at radius 2 is 1.64 bits per heavy atom. The molecule has 0 unspecified atom stereocenters. The number of rotatable bonds is 6. The Labute approximate surface area is 166 Å². The number of hydrogen-bond donors (Lipinski definition) is 1. The maximum atomic E-state index is 12.9. The van der Waals surface area contributed by atoms with Crippen LogP contribution in [-0.4, -0.2) is 22.4 Å². The van der Waals surface area contributed by atoms with Crippen LogP contribution in [0.4, 0.5) is 11.6 Å². The van der Waals surface area contributed by atoms with E-state index in [0.717, 1.165) is 29.1 Å². The fourth-order valence-corrected chi connectivity index (χ4v) is 3.13. The highest BCUT2D eigenvalue weighted by Gasteiger charge is 2.16. The Morgan fingerprint density at radius 1 is 0.964 bits per heavy atom. The Morgan fingerprint density at radius 3 is 2.29 bits per heavy atom. The Bertz CT molecular complexity index is 949. The zero-order chi connectivity index (χ0) is 20.1. The Balaban J connectivity index is 1.87. The van der Waals surface area contributed by atoms with E-state index < -0.39 is 0 Å². The van der Waals surface area contributed by atoms with Crippen LogP contribution in [0, 0.1) is 20.8 Å². The second kappa shape index (κ2) is 8.65. The zero-order valence-corrected chi connectivity index (χ0v) is 16.9. The molecular weight excluding hydrogens is 348 g/mol. The molecule has 5 heteroatoms. The highest BCUT2D eigenvalue weighted by Crippen LogP contribution is 2.21. The zero-order valence-electron chi connectivity index (χ0n) is 16.9. The van der Waals surface area contributed by atoms with Gasteiger partial charge in [-0.25, -0.2) is 9.97 Å². The van der Waals surface area contributed by atoms with E-state index in [-0.39, 0.29) is 5.91 Å². The number of anilines is 2. The molecule has 0 aliphatic heterocycles. The van der Waals surface area contributed by atoms with Gasteiger partial charge in [-0.15, -0.1) is 0 Å². The van der Waals surface area contributed by atoms with Crippen LogP contribution < -0.4 is 10.2 Å². The number of carbonyl (C=O) groups excluding carboxylic acids is 1. The van der Waals surface area contributed by atoms with Crippen LogP contribution in [-0.2, 0) is 6.54 Å². The van der Waals surface area contributed by atoms with Crippen molar-refractivity contribution in [1.29, 1.82) is 0 Å². The number of nitrogens with one attached hydrogen (secondary N) is 1. The van der Waals surface area contributed by atoms with Gasteiger partial charge in [0, 0.05) is 24.5 Å². The van der Waals surface area contributed by atoms with Crippen molar-refractivity contribution >= 4 is 17.5 Å². The summed E-state index contributed by atoms with van der Waals surface area (Å²) >= 11 is 0. The van der Waals surface area contributed by atoms with Crippen molar-refractivity contribution in [2.24, 2.45) is 0 Å². The number of carbonyl (C=O) groups is 1. The van der Waals surface area contributed by atoms with Gasteiger partial charge in [0.2, 0.25) is 5.95 Å². The molecule has 3 aromatic rings. The van der Waals surface area contributed by atoms with Crippen molar-refractivity contribution in [1.82, 2.24) is 9.97 Å². The average Bonchev–Trinajstić information content (AvgIpc) is 2.69. The molecule has 1 amide bonds. The summed E-state index contributed by atoms with van der Waals surface area (Å²) in [5, 5.41) is 3.01. The molecule has 0 aliphatic rings. The minimum Gasteiger partial charge on any atom is -0.337 e. The number of nitrogens with zero attached hydrogens (tertiary/aromatic N) is 3. The topological polar surface area (TPSA) is 58.1 Å². The molecule has 0 spiro atoms. The van der Waals surface area contributed by atoms with E-state index in [1.807, 2.05) is 57.2 Å². The van der Waals surface area contributed by atoms with E-state index in [0.29, 0.717) is 18.2 Å². The fraction of sp³-hybridized carbons (Fsp3) is 0.261. The van der Waals surface area contributed by atoms with Gasteiger partial charge in [-0.2, -0.15) is 0 Å². The van der Waals surface area contributed by atoms with Crippen LogP contribution >= 0.6 is 0 Å². The van der Waals surface area contributed by atoms with Crippen LogP contribution in [0.2, 0.25) is 0 Å². The third-order valence-corrected chi connectivity index (χ3v) is 4.68. The molecule has 28 heavy (non-hydrogen) atoms. The molecule has 0 aliphatic carbocycles. The van der Waals surface area contributed by atoms with Crippen molar-refractivity contribution in [2.75, 3.05) is 16.8 Å². The molecule has 0 saturated heterocycles. The first kappa shape index (κ1) is 19.5. The predicted molar refractivity (Wildman–Crippen MR) is 114 cm³/mol. The second-order valence-corrected chi connectivity index (χ2v) is 6.92. The van der Waals surface area contributed by atoms with Crippen molar-refractivity contribution in [3.05, 3.63) is 82.7 Å². The SMILES string of the molecule is CCN(Cc1ccccc1)c1nc(C)cc(C(=O)Nc2c(C)cccc2C)n1. The van der Waals surface area contributed by atoms with E-state index in [1.165, 1.54) is 5.56 Å². The summed E-state index contributed by atoms with van der Waals surface area (Å²) in [6.45, 7) is 9.35. The Hall–Kier alpha value is -3.21. The Kier molecular flexibility index (Phi) is 6.04. The van der Waals surface area contributed by atoms with Gasteiger partial charge in [0.25, 0.3) is 5.91 Å². The second-order valence-electron chi connectivity index (χ2n) is 6.92. The third kappa shape index (κ3) is 4.55. The maximum Gasteiger partial charge on any atom is 0.274 e. The first-order chi connectivity index (χ1) is 13.5. The lowest BCUT2D eigenvalue weighted by Gasteiger charge is -2.22. The summed E-state index contributed by atoms with van der Waals surface area (Å²) in [6.07, 6.45) is 0. The van der Waals surface area contributed by atoms with E-state index in [1.54, 1.807) is 6.07 Å². The number of benzene rings is 2. The lowest BCUT2D eigenvalue weighted by atomic mass is 10.1. The highest BCUT2D eigenvalue weighted by molar-refractivity contribution is 6.04. The van der Waals surface area contributed by atoms with Gasteiger partial charge in [-0.3, -0.25) is 4.79 Å². The quantitative estimate of drug-likeness (QED) is 0.680. The number of aromatic nitrogens is 2. The summed E-state index contributed by atoms with van der Waals surface area (Å²) in [4.78, 5) is 24.1. The predicted octanol–water partition coefficient (Wildman–Crippen LogP) is 4.68. The fourth-order valence-electron chi connectivity index (χ4n) is 3.13.